The Morgan fingerprint density at radius 2 is 1.56 bits per heavy atom. The number of unbranched alkanes of at least 4 members (excludes halogenated alkanes) is 1. The van der Waals surface area contributed by atoms with Gasteiger partial charge in [0.1, 0.15) is 18.1 Å². The molecule has 14 N–H and O–H groups in total. The molecule has 4 unspecified atom stereocenters. The fourth-order valence-electron chi connectivity index (χ4n) is 3.44. The minimum absolute atomic E-state index is 0.0307. The van der Waals surface area contributed by atoms with Crippen molar-refractivity contribution in [2.45, 2.75) is 69.1 Å². The number of hydrogen-bond acceptors (Lipinski definition) is 9. The fraction of sp³-hybridized carbons (Fsp3) is 0.591. The number of nitrogens with zero attached hydrogens (tertiary/aromatic N) is 2. The molecule has 17 nitrogen and oxygen atoms in total. The highest BCUT2D eigenvalue weighted by Gasteiger charge is 2.31. The monoisotopic (exact) mass is 554 g/mol. The van der Waals surface area contributed by atoms with Crippen LogP contribution in [0.5, 0.6) is 0 Å². The minimum Gasteiger partial charge on any atom is -0.481 e. The van der Waals surface area contributed by atoms with Crippen LogP contribution < -0.4 is 38.9 Å². The normalized spacial score (nSPS) is 13.8. The van der Waals surface area contributed by atoms with E-state index in [0.29, 0.717) is 25.1 Å². The summed E-state index contributed by atoms with van der Waals surface area (Å²) < 4.78 is 0. The van der Waals surface area contributed by atoms with Gasteiger partial charge in [0.2, 0.25) is 17.7 Å². The summed E-state index contributed by atoms with van der Waals surface area (Å²) in [4.78, 5) is 72.0. The average Bonchev–Trinajstić information content (AvgIpc) is 3.37. The van der Waals surface area contributed by atoms with Gasteiger partial charge in [-0.05, 0) is 32.2 Å². The van der Waals surface area contributed by atoms with Crippen molar-refractivity contribution < 1.29 is 34.2 Å². The summed E-state index contributed by atoms with van der Waals surface area (Å²) in [5.41, 5.74) is 22.3. The van der Waals surface area contributed by atoms with Crippen molar-refractivity contribution >= 4 is 35.6 Å². The van der Waals surface area contributed by atoms with Gasteiger partial charge in [-0.1, -0.05) is 6.42 Å². The van der Waals surface area contributed by atoms with E-state index in [-0.39, 0.29) is 38.2 Å². The number of aromatic nitrogens is 2. The molecule has 0 aliphatic rings. The second-order valence-electron chi connectivity index (χ2n) is 8.74. The molecule has 1 heterocycles. The van der Waals surface area contributed by atoms with E-state index < -0.39 is 60.2 Å². The summed E-state index contributed by atoms with van der Waals surface area (Å²) in [7, 11) is 0. The van der Waals surface area contributed by atoms with Crippen LogP contribution in [0.2, 0.25) is 0 Å². The zero-order valence-electron chi connectivity index (χ0n) is 21.5. The molecule has 4 atom stereocenters. The minimum atomic E-state index is -1.55. The number of carbonyl (C=O) groups is 5. The molecule has 3 amide bonds. The quantitative estimate of drug-likeness (QED) is 0.0452. The van der Waals surface area contributed by atoms with Gasteiger partial charge in [-0.15, -0.1) is 0 Å². The van der Waals surface area contributed by atoms with Gasteiger partial charge in [-0.3, -0.25) is 24.2 Å². The Hall–Kier alpha value is -4.25. The summed E-state index contributed by atoms with van der Waals surface area (Å²) >= 11 is 0. The Kier molecular flexibility index (Phi) is 14.5. The second kappa shape index (κ2) is 17.3. The van der Waals surface area contributed by atoms with Crippen LogP contribution in [0.1, 0.15) is 44.2 Å². The number of hydrogen-bond donors (Lipinski definition) is 10. The van der Waals surface area contributed by atoms with E-state index in [0.717, 1.165) is 0 Å². The van der Waals surface area contributed by atoms with E-state index >= 15 is 0 Å². The Bertz CT molecular complexity index is 982. The predicted molar refractivity (Wildman–Crippen MR) is 139 cm³/mol. The maximum absolute atomic E-state index is 13.0. The topological polar surface area (TPSA) is 307 Å². The maximum atomic E-state index is 13.0. The Balaban J connectivity index is 3.01. The first-order valence-corrected chi connectivity index (χ1v) is 12.3. The molecule has 39 heavy (non-hydrogen) atoms. The zero-order chi connectivity index (χ0) is 29.4. The number of nitrogens with two attached hydrogens (primary N) is 4. The van der Waals surface area contributed by atoms with E-state index in [1.54, 1.807) is 0 Å². The van der Waals surface area contributed by atoms with Crippen molar-refractivity contribution in [3.05, 3.63) is 18.2 Å². The highest BCUT2D eigenvalue weighted by molar-refractivity contribution is 5.95. The Morgan fingerprint density at radius 3 is 2.13 bits per heavy atom. The van der Waals surface area contributed by atoms with Gasteiger partial charge in [0.15, 0.2) is 5.96 Å². The number of carboxylic acid groups (broad SMARTS) is 2. The standard InChI is InChI=1S/C22H38N10O7/c23-6-2-1-4-13(24)18(35)31-15(9-17(33)34)20(37)30-14(5-3-7-28-22(25)26)19(36)32-16(21(38)39)8-12-10-27-11-29-12/h10-11,13-16H,1-9,23-24H2,(H,27,29)(H,30,37)(H,31,35)(H,32,36)(H,33,34)(H,38,39)(H4,25,26,28). The molecule has 1 rings (SSSR count). The highest BCUT2D eigenvalue weighted by Crippen LogP contribution is 2.06. The molecule has 1 aromatic heterocycles. The molecule has 0 spiro atoms. The molecular formula is C22H38N10O7. The van der Waals surface area contributed by atoms with Gasteiger partial charge in [0.05, 0.1) is 18.8 Å². The number of H-pyrrole nitrogens is 1. The van der Waals surface area contributed by atoms with E-state index in [9.17, 15) is 34.2 Å². The van der Waals surface area contributed by atoms with E-state index in [1.165, 1.54) is 12.5 Å². The van der Waals surface area contributed by atoms with Gasteiger partial charge in [-0.2, -0.15) is 0 Å². The number of carbonyl (C=O) groups excluding carboxylic acids is 3. The lowest BCUT2D eigenvalue weighted by molar-refractivity contribution is -0.143. The summed E-state index contributed by atoms with van der Waals surface area (Å²) in [6.07, 6.45) is 3.49. The average molecular weight is 555 g/mol. The summed E-state index contributed by atoms with van der Waals surface area (Å²) in [6.45, 7) is 0.515. The number of carboxylic acids is 2. The fourth-order valence-corrected chi connectivity index (χ4v) is 3.44. The molecule has 17 heteroatoms. The third kappa shape index (κ3) is 13.2. The third-order valence-electron chi connectivity index (χ3n) is 5.49. The molecule has 0 bridgehead atoms. The molecular weight excluding hydrogens is 516 g/mol. The van der Waals surface area contributed by atoms with Gasteiger partial charge in [0, 0.05) is 24.9 Å². The second-order valence-corrected chi connectivity index (χ2v) is 8.74. The summed E-state index contributed by atoms with van der Waals surface area (Å²) in [5.74, 6) is -5.46. The number of rotatable bonds is 19. The number of guanidine groups is 1. The van der Waals surface area contributed by atoms with E-state index in [2.05, 4.69) is 30.9 Å². The SMILES string of the molecule is NCCCCC(N)C(=O)NC(CC(=O)O)C(=O)NC(CCCN=C(N)N)C(=O)NC(Cc1cnc[nH]1)C(=O)O. The number of aliphatic carboxylic acids is 2. The van der Waals surface area contributed by atoms with Gasteiger partial charge in [-0.25, -0.2) is 9.78 Å². The first-order valence-electron chi connectivity index (χ1n) is 12.3. The van der Waals surface area contributed by atoms with Crippen molar-refractivity contribution in [3.63, 3.8) is 0 Å². The maximum Gasteiger partial charge on any atom is 0.326 e. The number of aromatic amines is 1. The number of nitrogens with one attached hydrogen (secondary N) is 4. The molecule has 0 aliphatic heterocycles. The molecule has 0 fully saturated rings. The number of imidazole rings is 1. The van der Waals surface area contributed by atoms with Crippen molar-refractivity contribution in [2.24, 2.45) is 27.9 Å². The molecule has 0 saturated carbocycles. The van der Waals surface area contributed by atoms with Crippen LogP contribution in [0.15, 0.2) is 17.5 Å². The van der Waals surface area contributed by atoms with Gasteiger partial charge < -0.3 is 54.1 Å². The highest BCUT2D eigenvalue weighted by atomic mass is 16.4. The van der Waals surface area contributed by atoms with Crippen LogP contribution in [-0.2, 0) is 30.4 Å². The van der Waals surface area contributed by atoms with Crippen molar-refractivity contribution in [2.75, 3.05) is 13.1 Å². The summed E-state index contributed by atoms with van der Waals surface area (Å²) in [6, 6.07) is -5.22. The predicted octanol–water partition coefficient (Wildman–Crippen LogP) is -3.52. The van der Waals surface area contributed by atoms with Crippen LogP contribution >= 0.6 is 0 Å². The summed E-state index contributed by atoms with van der Waals surface area (Å²) in [5, 5.41) is 25.9. The van der Waals surface area contributed by atoms with Crippen LogP contribution in [-0.4, -0.2) is 93.1 Å². The van der Waals surface area contributed by atoms with Crippen molar-refractivity contribution in [3.8, 4) is 0 Å². The van der Waals surface area contributed by atoms with Gasteiger partial charge in [0.25, 0.3) is 0 Å². The molecule has 0 aromatic carbocycles. The van der Waals surface area contributed by atoms with Crippen LogP contribution in [0.4, 0.5) is 0 Å². The molecule has 1 aromatic rings. The van der Waals surface area contributed by atoms with Crippen LogP contribution in [0.25, 0.3) is 0 Å². The lowest BCUT2D eigenvalue weighted by Crippen LogP contribution is -2.57. The molecule has 0 saturated heterocycles. The van der Waals surface area contributed by atoms with Crippen LogP contribution in [0, 0.1) is 0 Å². The molecule has 0 aliphatic carbocycles. The first kappa shape index (κ1) is 32.8. The van der Waals surface area contributed by atoms with Crippen LogP contribution in [0.3, 0.4) is 0 Å². The van der Waals surface area contributed by atoms with E-state index in [4.69, 9.17) is 22.9 Å². The Labute approximate surface area is 224 Å². The lowest BCUT2D eigenvalue weighted by atomic mass is 10.1. The van der Waals surface area contributed by atoms with Crippen molar-refractivity contribution in [1.82, 2.24) is 25.9 Å². The largest absolute Gasteiger partial charge is 0.481 e. The lowest BCUT2D eigenvalue weighted by Gasteiger charge is -2.24. The van der Waals surface area contributed by atoms with Crippen molar-refractivity contribution in [1.29, 1.82) is 0 Å². The number of aliphatic imine (C=N–C) groups is 1. The third-order valence-corrected chi connectivity index (χ3v) is 5.49. The molecule has 218 valence electrons. The number of amides is 3. The first-order chi connectivity index (χ1) is 18.4. The molecule has 0 radical (unpaired) electrons. The zero-order valence-corrected chi connectivity index (χ0v) is 21.5. The smallest absolute Gasteiger partial charge is 0.326 e. The van der Waals surface area contributed by atoms with E-state index in [1.807, 2.05) is 0 Å². The van der Waals surface area contributed by atoms with Gasteiger partial charge >= 0.3 is 11.9 Å². The Morgan fingerprint density at radius 1 is 0.923 bits per heavy atom.